The summed E-state index contributed by atoms with van der Waals surface area (Å²) in [5, 5.41) is 3.15. The van der Waals surface area contributed by atoms with E-state index in [1.165, 1.54) is 22.3 Å². The lowest BCUT2D eigenvalue weighted by atomic mass is 9.96. The average Bonchev–Trinajstić information content (AvgIpc) is 2.60. The second-order valence-electron chi connectivity index (χ2n) is 10.0. The molecule has 0 nitrogen and oxygen atoms in total. The van der Waals surface area contributed by atoms with E-state index in [9.17, 15) is 0 Å². The maximum atomic E-state index is 2.53. The van der Waals surface area contributed by atoms with Crippen molar-refractivity contribution in [3.63, 3.8) is 0 Å². The van der Waals surface area contributed by atoms with Crippen molar-refractivity contribution in [1.29, 1.82) is 0 Å². The van der Waals surface area contributed by atoms with Gasteiger partial charge in [-0.1, -0.05) is 115 Å². The molecule has 0 radical (unpaired) electrons. The summed E-state index contributed by atoms with van der Waals surface area (Å²) in [5.41, 5.74) is 5.95. The monoisotopic (exact) mass is 380 g/mol. The van der Waals surface area contributed by atoms with Crippen molar-refractivity contribution in [2.45, 2.75) is 92.2 Å². The standard InChI is InChI=1S/C26H40Si/c1-17(2)21-11-22(18(3)4)14-25(13-21)27(9,10)26-15-23(19(5)6)12-24(16-26)20(7)8/h11-20H,1-10H3. The maximum absolute atomic E-state index is 2.53. The molecule has 0 aliphatic heterocycles. The van der Waals surface area contributed by atoms with Crippen molar-refractivity contribution in [3.8, 4) is 0 Å². The quantitative estimate of drug-likeness (QED) is 0.473. The summed E-state index contributed by atoms with van der Waals surface area (Å²) in [5.74, 6) is 2.28. The third kappa shape index (κ3) is 4.93. The van der Waals surface area contributed by atoms with Crippen LogP contribution in [0.2, 0.25) is 13.1 Å². The van der Waals surface area contributed by atoms with Crippen LogP contribution < -0.4 is 10.4 Å². The van der Waals surface area contributed by atoms with Gasteiger partial charge in [0.25, 0.3) is 0 Å². The molecule has 0 atom stereocenters. The summed E-state index contributed by atoms with van der Waals surface area (Å²) in [4.78, 5) is 0. The highest BCUT2D eigenvalue weighted by Gasteiger charge is 2.28. The molecular formula is C26H40Si. The molecule has 0 heterocycles. The SMILES string of the molecule is CC(C)c1cc(C(C)C)cc([Si](C)(C)c2cc(C(C)C)cc(C(C)C)c2)c1. The lowest BCUT2D eigenvalue weighted by molar-refractivity contribution is 0.835. The fraction of sp³-hybridized carbons (Fsp3) is 0.538. The zero-order chi connectivity index (χ0) is 20.5. The minimum atomic E-state index is -1.76. The highest BCUT2D eigenvalue weighted by atomic mass is 28.3. The van der Waals surface area contributed by atoms with E-state index in [4.69, 9.17) is 0 Å². The van der Waals surface area contributed by atoms with Crippen LogP contribution >= 0.6 is 0 Å². The van der Waals surface area contributed by atoms with Crippen LogP contribution in [0.3, 0.4) is 0 Å². The number of hydrogen-bond acceptors (Lipinski definition) is 0. The van der Waals surface area contributed by atoms with E-state index in [0.29, 0.717) is 23.7 Å². The molecule has 148 valence electrons. The topological polar surface area (TPSA) is 0 Å². The van der Waals surface area contributed by atoms with Gasteiger partial charge in [0.05, 0.1) is 0 Å². The predicted molar refractivity (Wildman–Crippen MR) is 126 cm³/mol. The predicted octanol–water partition coefficient (Wildman–Crippen LogP) is 7.00. The fourth-order valence-electron chi connectivity index (χ4n) is 3.57. The normalized spacial score (nSPS) is 12.7. The molecule has 0 unspecified atom stereocenters. The lowest BCUT2D eigenvalue weighted by Crippen LogP contribution is -2.53. The van der Waals surface area contributed by atoms with Crippen molar-refractivity contribution in [1.82, 2.24) is 0 Å². The zero-order valence-corrected chi connectivity index (χ0v) is 20.3. The molecule has 0 amide bonds. The minimum absolute atomic E-state index is 0.570. The summed E-state index contributed by atoms with van der Waals surface area (Å²) in [6, 6.07) is 14.8. The molecule has 27 heavy (non-hydrogen) atoms. The fourth-order valence-corrected chi connectivity index (χ4v) is 6.02. The third-order valence-corrected chi connectivity index (χ3v) is 9.53. The van der Waals surface area contributed by atoms with Crippen LogP contribution in [-0.4, -0.2) is 8.07 Å². The van der Waals surface area contributed by atoms with Crippen LogP contribution in [-0.2, 0) is 0 Å². The van der Waals surface area contributed by atoms with E-state index >= 15 is 0 Å². The van der Waals surface area contributed by atoms with Crippen molar-refractivity contribution in [3.05, 3.63) is 58.7 Å². The Bertz CT molecular complexity index is 661. The molecule has 0 saturated carbocycles. The van der Waals surface area contributed by atoms with Gasteiger partial charge in [-0.15, -0.1) is 0 Å². The van der Waals surface area contributed by atoms with E-state index in [1.54, 1.807) is 10.4 Å². The Labute approximate surface area is 169 Å². The zero-order valence-electron chi connectivity index (χ0n) is 19.3. The first kappa shape index (κ1) is 22.0. The van der Waals surface area contributed by atoms with Crippen molar-refractivity contribution in [2.75, 3.05) is 0 Å². The Hall–Kier alpha value is -1.34. The summed E-state index contributed by atoms with van der Waals surface area (Å²) in [6.07, 6.45) is 0. The summed E-state index contributed by atoms with van der Waals surface area (Å²) in [6.45, 7) is 23.6. The van der Waals surface area contributed by atoms with Gasteiger partial charge in [0, 0.05) is 0 Å². The van der Waals surface area contributed by atoms with Crippen molar-refractivity contribution >= 4 is 18.4 Å². The molecule has 2 rings (SSSR count). The van der Waals surface area contributed by atoms with Crippen molar-refractivity contribution in [2.24, 2.45) is 0 Å². The second-order valence-corrected chi connectivity index (χ2v) is 14.4. The molecule has 0 spiro atoms. The summed E-state index contributed by atoms with van der Waals surface area (Å²) in [7, 11) is -1.76. The van der Waals surface area contributed by atoms with Gasteiger partial charge in [-0.05, 0) is 45.9 Å². The Morgan fingerprint density at radius 1 is 0.444 bits per heavy atom. The van der Waals surface area contributed by atoms with Gasteiger partial charge < -0.3 is 0 Å². The highest BCUT2D eigenvalue weighted by Crippen LogP contribution is 2.24. The van der Waals surface area contributed by atoms with Gasteiger partial charge in [0.1, 0.15) is 8.07 Å². The first-order chi connectivity index (χ1) is 12.4. The Morgan fingerprint density at radius 3 is 0.852 bits per heavy atom. The average molecular weight is 381 g/mol. The smallest absolute Gasteiger partial charge is 0.0616 e. The van der Waals surface area contributed by atoms with Gasteiger partial charge in [-0.3, -0.25) is 0 Å². The van der Waals surface area contributed by atoms with Crippen LogP contribution in [0.15, 0.2) is 36.4 Å². The molecule has 1 heteroatoms. The first-order valence-electron chi connectivity index (χ1n) is 10.7. The van der Waals surface area contributed by atoms with Gasteiger partial charge >= 0.3 is 0 Å². The van der Waals surface area contributed by atoms with Crippen molar-refractivity contribution < 1.29 is 0 Å². The summed E-state index contributed by atoms with van der Waals surface area (Å²) < 4.78 is 0. The largest absolute Gasteiger partial charge is 0.112 e. The molecule has 0 aliphatic rings. The van der Waals surface area contributed by atoms with Crippen LogP contribution in [0.25, 0.3) is 0 Å². The van der Waals surface area contributed by atoms with Gasteiger partial charge in [0.15, 0.2) is 0 Å². The van der Waals surface area contributed by atoms with Crippen LogP contribution in [0.5, 0.6) is 0 Å². The van der Waals surface area contributed by atoms with Gasteiger partial charge in [0.2, 0.25) is 0 Å². The van der Waals surface area contributed by atoms with Gasteiger partial charge in [-0.2, -0.15) is 0 Å². The lowest BCUT2D eigenvalue weighted by Gasteiger charge is -2.28. The Morgan fingerprint density at radius 2 is 0.667 bits per heavy atom. The van der Waals surface area contributed by atoms with E-state index in [2.05, 4.69) is 105 Å². The van der Waals surface area contributed by atoms with Crippen LogP contribution in [0.1, 0.15) is 101 Å². The van der Waals surface area contributed by atoms with Crippen LogP contribution in [0, 0.1) is 0 Å². The number of hydrogen-bond donors (Lipinski definition) is 0. The van der Waals surface area contributed by atoms with Crippen LogP contribution in [0.4, 0.5) is 0 Å². The molecule has 2 aromatic rings. The molecule has 0 bridgehead atoms. The minimum Gasteiger partial charge on any atom is -0.0616 e. The molecular weight excluding hydrogens is 340 g/mol. The molecule has 0 saturated heterocycles. The second kappa shape index (κ2) is 8.35. The molecule has 2 aromatic carbocycles. The highest BCUT2D eigenvalue weighted by molar-refractivity contribution is 7.00. The maximum Gasteiger partial charge on any atom is 0.112 e. The van der Waals surface area contributed by atoms with Gasteiger partial charge in [-0.25, -0.2) is 0 Å². The number of benzene rings is 2. The van der Waals surface area contributed by atoms with E-state index in [1.807, 2.05) is 0 Å². The molecule has 0 aliphatic carbocycles. The first-order valence-corrected chi connectivity index (χ1v) is 13.7. The molecule has 0 fully saturated rings. The Kier molecular flexibility index (Phi) is 6.79. The number of rotatable bonds is 6. The Balaban J connectivity index is 2.67. The molecule has 0 N–H and O–H groups in total. The van der Waals surface area contributed by atoms with E-state index in [-0.39, 0.29) is 0 Å². The molecule has 0 aromatic heterocycles. The summed E-state index contributed by atoms with van der Waals surface area (Å²) >= 11 is 0. The van der Waals surface area contributed by atoms with E-state index < -0.39 is 8.07 Å². The third-order valence-electron chi connectivity index (χ3n) is 6.07. The van der Waals surface area contributed by atoms with E-state index in [0.717, 1.165) is 0 Å².